The summed E-state index contributed by atoms with van der Waals surface area (Å²) >= 11 is 5.42. The first-order valence-electron chi connectivity index (χ1n) is 3.20. The minimum atomic E-state index is -3.06. The maximum absolute atomic E-state index is 12.6. The van der Waals surface area contributed by atoms with Crippen molar-refractivity contribution in [3.05, 3.63) is 41.2 Å². The van der Waals surface area contributed by atoms with Gasteiger partial charge in [0.1, 0.15) is 5.82 Å². The van der Waals surface area contributed by atoms with Crippen LogP contribution in [0.25, 0.3) is 0 Å². The summed E-state index contributed by atoms with van der Waals surface area (Å²) in [7, 11) is -3.06. The maximum Gasteiger partial charge on any atom is 0.259 e. The lowest BCUT2D eigenvalue weighted by molar-refractivity contribution is 0.409. The van der Waals surface area contributed by atoms with E-state index in [4.69, 9.17) is 11.6 Å². The standard InChI is InChI=1S/C7H5ClFO3S/c8-7(12-13(10)11)5-2-1-3-6(9)4-5/h1-4,13H. The van der Waals surface area contributed by atoms with Crippen molar-refractivity contribution >= 4 is 22.6 Å². The molecule has 1 aromatic rings. The molecule has 0 aromatic heterocycles. The highest BCUT2D eigenvalue weighted by Crippen LogP contribution is 2.20. The third-order valence-corrected chi connectivity index (χ3v) is 1.94. The van der Waals surface area contributed by atoms with Gasteiger partial charge in [0.15, 0.2) is 0 Å². The molecule has 0 saturated heterocycles. The highest BCUT2D eigenvalue weighted by molar-refractivity contribution is 7.67. The molecule has 0 amide bonds. The van der Waals surface area contributed by atoms with Crippen LogP contribution in [-0.2, 0) is 15.2 Å². The molecule has 0 bridgehead atoms. The highest BCUT2D eigenvalue weighted by atomic mass is 35.5. The predicted octanol–water partition coefficient (Wildman–Crippen LogP) is 1.45. The molecule has 0 N–H and O–H groups in total. The van der Waals surface area contributed by atoms with E-state index < -0.39 is 16.8 Å². The fraction of sp³-hybridized carbons (Fsp3) is 0. The van der Waals surface area contributed by atoms with Crippen LogP contribution >= 0.6 is 11.6 Å². The van der Waals surface area contributed by atoms with Crippen LogP contribution in [0.2, 0.25) is 0 Å². The minimum absolute atomic E-state index is 0.181. The SMILES string of the molecule is O=[SH](=O)O[C](Cl)c1cccc(F)c1. The smallest absolute Gasteiger partial charge is 0.239 e. The van der Waals surface area contributed by atoms with Gasteiger partial charge in [-0.25, -0.2) is 17.0 Å². The lowest BCUT2D eigenvalue weighted by Gasteiger charge is -2.03. The Morgan fingerprint density at radius 1 is 1.46 bits per heavy atom. The Bertz CT molecular complexity index is 359. The fourth-order valence-corrected chi connectivity index (χ4v) is 1.25. The molecule has 1 radical (unpaired) electrons. The van der Waals surface area contributed by atoms with Crippen LogP contribution in [-0.4, -0.2) is 8.42 Å². The van der Waals surface area contributed by atoms with Gasteiger partial charge in [-0.1, -0.05) is 23.7 Å². The predicted molar refractivity (Wildman–Crippen MR) is 46.0 cm³/mol. The molecule has 6 heteroatoms. The molecule has 0 aliphatic rings. The Labute approximate surface area is 81.2 Å². The van der Waals surface area contributed by atoms with Crippen LogP contribution in [0.4, 0.5) is 4.39 Å². The monoisotopic (exact) mass is 223 g/mol. The van der Waals surface area contributed by atoms with Gasteiger partial charge in [0.25, 0.3) is 11.0 Å². The summed E-state index contributed by atoms with van der Waals surface area (Å²) in [6.45, 7) is 0. The van der Waals surface area contributed by atoms with Crippen LogP contribution < -0.4 is 0 Å². The summed E-state index contributed by atoms with van der Waals surface area (Å²) in [6, 6.07) is 5.12. The van der Waals surface area contributed by atoms with Crippen molar-refractivity contribution in [2.24, 2.45) is 0 Å². The zero-order valence-electron chi connectivity index (χ0n) is 6.24. The molecule has 0 fully saturated rings. The van der Waals surface area contributed by atoms with Crippen LogP contribution in [0.15, 0.2) is 24.3 Å². The second kappa shape index (κ2) is 4.55. The van der Waals surface area contributed by atoms with E-state index in [2.05, 4.69) is 4.18 Å². The highest BCUT2D eigenvalue weighted by Gasteiger charge is 2.11. The molecular weight excluding hydrogens is 219 g/mol. The van der Waals surface area contributed by atoms with Gasteiger partial charge in [-0.2, -0.15) is 0 Å². The first kappa shape index (κ1) is 10.4. The number of hydrogen-bond acceptors (Lipinski definition) is 3. The zero-order valence-corrected chi connectivity index (χ0v) is 7.89. The van der Waals surface area contributed by atoms with E-state index in [-0.39, 0.29) is 11.1 Å². The summed E-state index contributed by atoms with van der Waals surface area (Å²) in [5, 5.41) is 0. The largest absolute Gasteiger partial charge is 0.259 e. The van der Waals surface area contributed by atoms with Crippen molar-refractivity contribution in [1.29, 1.82) is 0 Å². The first-order valence-corrected chi connectivity index (χ1v) is 4.67. The lowest BCUT2D eigenvalue weighted by Crippen LogP contribution is -1.96. The molecular formula is C7H5ClFO3S. The molecule has 0 aliphatic heterocycles. The maximum atomic E-state index is 12.6. The van der Waals surface area contributed by atoms with Crippen LogP contribution in [0.3, 0.4) is 0 Å². The van der Waals surface area contributed by atoms with Crippen molar-refractivity contribution in [2.45, 2.75) is 0 Å². The number of benzene rings is 1. The van der Waals surface area contributed by atoms with E-state index in [1.165, 1.54) is 18.2 Å². The van der Waals surface area contributed by atoms with Gasteiger partial charge in [0.05, 0.1) is 0 Å². The van der Waals surface area contributed by atoms with Gasteiger partial charge in [-0.15, -0.1) is 0 Å². The third-order valence-electron chi connectivity index (χ3n) is 1.21. The molecule has 0 atom stereocenters. The molecule has 3 nitrogen and oxygen atoms in total. The molecule has 1 aromatic carbocycles. The number of rotatable bonds is 3. The molecule has 1 rings (SSSR count). The summed E-state index contributed by atoms with van der Waals surface area (Å²) in [6.07, 6.45) is 0. The van der Waals surface area contributed by atoms with Crippen molar-refractivity contribution in [1.82, 2.24) is 0 Å². The van der Waals surface area contributed by atoms with Gasteiger partial charge in [-0.05, 0) is 12.1 Å². The third kappa shape index (κ3) is 3.30. The van der Waals surface area contributed by atoms with E-state index in [0.29, 0.717) is 0 Å². The van der Waals surface area contributed by atoms with Gasteiger partial charge >= 0.3 is 0 Å². The topological polar surface area (TPSA) is 43.4 Å². The van der Waals surface area contributed by atoms with E-state index >= 15 is 0 Å². The quantitative estimate of drug-likeness (QED) is 0.789. The van der Waals surface area contributed by atoms with Crippen molar-refractivity contribution in [2.75, 3.05) is 0 Å². The summed E-state index contributed by atoms with van der Waals surface area (Å²) < 4.78 is 36.9. The Morgan fingerprint density at radius 2 is 2.15 bits per heavy atom. The van der Waals surface area contributed by atoms with E-state index in [1.807, 2.05) is 0 Å². The van der Waals surface area contributed by atoms with Gasteiger partial charge < -0.3 is 0 Å². The van der Waals surface area contributed by atoms with Crippen LogP contribution in [0, 0.1) is 11.4 Å². The van der Waals surface area contributed by atoms with Crippen molar-refractivity contribution < 1.29 is 17.0 Å². The van der Waals surface area contributed by atoms with Crippen LogP contribution in [0.1, 0.15) is 5.56 Å². The van der Waals surface area contributed by atoms with Crippen molar-refractivity contribution in [3.8, 4) is 0 Å². The molecule has 0 spiro atoms. The molecule has 0 aliphatic carbocycles. The summed E-state index contributed by atoms with van der Waals surface area (Å²) in [5.74, 6) is -0.514. The molecule has 13 heavy (non-hydrogen) atoms. The second-order valence-corrected chi connectivity index (χ2v) is 3.07. The van der Waals surface area contributed by atoms with Crippen LogP contribution in [0.5, 0.6) is 0 Å². The minimum Gasteiger partial charge on any atom is -0.239 e. The summed E-state index contributed by atoms with van der Waals surface area (Å²) in [4.78, 5) is 0. The fourth-order valence-electron chi connectivity index (χ4n) is 0.729. The molecule has 71 valence electrons. The Hall–Kier alpha value is -0.650. The average molecular weight is 224 g/mol. The lowest BCUT2D eigenvalue weighted by atomic mass is 10.2. The van der Waals surface area contributed by atoms with E-state index in [0.717, 1.165) is 6.07 Å². The van der Waals surface area contributed by atoms with Crippen molar-refractivity contribution in [3.63, 3.8) is 0 Å². The normalized spacial score (nSPS) is 11.1. The van der Waals surface area contributed by atoms with Gasteiger partial charge in [-0.3, -0.25) is 0 Å². The molecule has 0 unspecified atom stereocenters. The number of halogens is 2. The molecule has 0 heterocycles. The first-order chi connectivity index (χ1) is 6.09. The van der Waals surface area contributed by atoms with E-state index in [1.54, 1.807) is 0 Å². The van der Waals surface area contributed by atoms with Gasteiger partial charge in [0.2, 0.25) is 5.56 Å². The molecule has 0 saturated carbocycles. The van der Waals surface area contributed by atoms with Gasteiger partial charge in [0, 0.05) is 5.56 Å². The number of hydrogen-bond donors (Lipinski definition) is 1. The Balaban J connectivity index is 2.82. The average Bonchev–Trinajstić information content (AvgIpc) is 2.03. The Kier molecular flexibility index (Phi) is 3.65. The Morgan fingerprint density at radius 3 is 2.69 bits per heavy atom. The van der Waals surface area contributed by atoms with E-state index in [9.17, 15) is 12.8 Å². The summed E-state index contributed by atoms with van der Waals surface area (Å²) in [5.41, 5.74) is -0.184. The number of thiol groups is 1. The second-order valence-electron chi connectivity index (χ2n) is 2.10. The zero-order chi connectivity index (χ0) is 9.84.